The van der Waals surface area contributed by atoms with Crippen LogP contribution in [0.3, 0.4) is 0 Å². The maximum absolute atomic E-state index is 13.3. The summed E-state index contributed by atoms with van der Waals surface area (Å²) in [6.07, 6.45) is -0.722. The number of nitrogens with one attached hydrogen (secondary N) is 2. The topological polar surface area (TPSA) is 150 Å². The molecule has 5 unspecified atom stereocenters. The number of alkyl carbamates (subject to hydrolysis) is 1. The molecule has 13 nitrogen and oxygen atoms in total. The molecule has 4 fully saturated rings. The number of amides is 4. The third kappa shape index (κ3) is 8.21. The van der Waals surface area contributed by atoms with Gasteiger partial charge in [0.2, 0.25) is 11.8 Å². The number of aliphatic hydroxyl groups is 1. The van der Waals surface area contributed by atoms with Crippen molar-refractivity contribution in [1.29, 1.82) is 0 Å². The van der Waals surface area contributed by atoms with Gasteiger partial charge in [0.15, 0.2) is 6.29 Å². The van der Waals surface area contributed by atoms with E-state index in [1.165, 1.54) is 0 Å². The number of benzene rings is 4. The van der Waals surface area contributed by atoms with Gasteiger partial charge in [-0.1, -0.05) is 104 Å². The van der Waals surface area contributed by atoms with Crippen LogP contribution >= 0.6 is 0 Å². The van der Waals surface area contributed by atoms with Crippen LogP contribution < -0.4 is 15.5 Å². The number of para-hydroxylation sites is 1. The summed E-state index contributed by atoms with van der Waals surface area (Å²) in [6.45, 7) is 4.81. The second-order valence-corrected chi connectivity index (χ2v) is 15.6. The molecule has 4 amide bonds. The lowest BCUT2D eigenvalue weighted by Gasteiger charge is -2.46. The van der Waals surface area contributed by atoms with Crippen molar-refractivity contribution in [2.24, 2.45) is 5.92 Å². The second-order valence-electron chi connectivity index (χ2n) is 15.6. The number of hydrogen-bond donors (Lipinski definition) is 3. The van der Waals surface area contributed by atoms with Crippen LogP contribution in [0.1, 0.15) is 66.4 Å². The molecule has 8 rings (SSSR count). The van der Waals surface area contributed by atoms with Crippen molar-refractivity contribution >= 4 is 29.5 Å². The van der Waals surface area contributed by atoms with Crippen LogP contribution in [0.15, 0.2) is 109 Å². The van der Waals surface area contributed by atoms with Crippen molar-refractivity contribution in [2.75, 3.05) is 31.2 Å². The first-order valence-corrected chi connectivity index (χ1v) is 19.9. The molecule has 5 atom stereocenters. The minimum absolute atomic E-state index is 0.0219. The lowest BCUT2D eigenvalue weighted by Crippen LogP contribution is -2.57. The van der Waals surface area contributed by atoms with Crippen LogP contribution in [-0.2, 0) is 48.4 Å². The van der Waals surface area contributed by atoms with Crippen LogP contribution in [0.4, 0.5) is 10.5 Å². The Hall–Kier alpha value is -5.60. The molecule has 3 N–H and O–H groups in total. The Labute approximate surface area is 337 Å². The van der Waals surface area contributed by atoms with E-state index in [2.05, 4.69) is 39.5 Å². The molecule has 58 heavy (non-hydrogen) atoms. The highest BCUT2D eigenvalue weighted by Gasteiger charge is 2.51. The zero-order valence-electron chi connectivity index (χ0n) is 32.5. The minimum Gasteiger partial charge on any atom is -0.445 e. The SMILES string of the molecule is CC1C(CN2CCC3(CC2)C(=O)NCN3c2ccccc2)OC(c2ccc(CN3C(=O)CC(NC(=O)OCc4ccccc4)C3=O)cc2)OC1c1ccc(CO)cc1. The Morgan fingerprint density at radius 1 is 0.845 bits per heavy atom. The van der Waals surface area contributed by atoms with Crippen LogP contribution in [0, 0.1) is 5.92 Å². The molecular formula is C45H49N5O8. The largest absolute Gasteiger partial charge is 0.445 e. The number of ether oxygens (including phenoxy) is 3. The lowest BCUT2D eigenvalue weighted by atomic mass is 9.84. The number of likely N-dealkylation sites (tertiary alicyclic amines) is 2. The summed E-state index contributed by atoms with van der Waals surface area (Å²) in [5, 5.41) is 15.3. The fourth-order valence-electron chi connectivity index (χ4n) is 8.55. The third-order valence-corrected chi connectivity index (χ3v) is 12.0. The molecule has 4 heterocycles. The van der Waals surface area contributed by atoms with E-state index in [0.717, 1.165) is 51.5 Å². The molecule has 0 saturated carbocycles. The van der Waals surface area contributed by atoms with Gasteiger partial charge in [-0.3, -0.25) is 19.3 Å². The first kappa shape index (κ1) is 39.2. The summed E-state index contributed by atoms with van der Waals surface area (Å²) in [6, 6.07) is 33.6. The molecule has 0 aromatic heterocycles. The molecule has 4 aliphatic heterocycles. The number of carbonyl (C=O) groups excluding carboxylic acids is 4. The Morgan fingerprint density at radius 2 is 1.50 bits per heavy atom. The number of aliphatic hydroxyl groups excluding tert-OH is 1. The molecule has 1 spiro atoms. The van der Waals surface area contributed by atoms with Crippen LogP contribution in [0.25, 0.3) is 0 Å². The highest BCUT2D eigenvalue weighted by atomic mass is 16.7. The van der Waals surface area contributed by atoms with E-state index < -0.39 is 29.9 Å². The lowest BCUT2D eigenvalue weighted by molar-refractivity contribution is -0.276. The van der Waals surface area contributed by atoms with Crippen molar-refractivity contribution in [1.82, 2.24) is 20.4 Å². The van der Waals surface area contributed by atoms with Gasteiger partial charge in [0.05, 0.1) is 38.4 Å². The molecule has 4 aromatic carbocycles. The number of hydrogen-bond acceptors (Lipinski definition) is 10. The summed E-state index contributed by atoms with van der Waals surface area (Å²) < 4.78 is 18.7. The summed E-state index contributed by atoms with van der Waals surface area (Å²) in [5.41, 5.74) is 4.58. The Morgan fingerprint density at radius 3 is 2.19 bits per heavy atom. The number of anilines is 1. The van der Waals surface area contributed by atoms with E-state index in [1.807, 2.05) is 97.1 Å². The van der Waals surface area contributed by atoms with E-state index >= 15 is 0 Å². The Kier molecular flexibility index (Phi) is 11.6. The van der Waals surface area contributed by atoms with E-state index in [-0.39, 0.29) is 56.1 Å². The van der Waals surface area contributed by atoms with Crippen LogP contribution in [-0.4, -0.2) is 82.7 Å². The van der Waals surface area contributed by atoms with Gasteiger partial charge in [-0.25, -0.2) is 4.79 Å². The van der Waals surface area contributed by atoms with Crippen molar-refractivity contribution < 1.29 is 38.5 Å². The van der Waals surface area contributed by atoms with Crippen LogP contribution in [0.5, 0.6) is 0 Å². The van der Waals surface area contributed by atoms with Crippen molar-refractivity contribution in [3.63, 3.8) is 0 Å². The molecule has 0 aliphatic carbocycles. The second kappa shape index (κ2) is 17.1. The van der Waals surface area contributed by atoms with E-state index in [1.54, 1.807) is 0 Å². The molecule has 0 bridgehead atoms. The Bertz CT molecular complexity index is 2080. The number of nitrogens with zero attached hydrogens (tertiary/aromatic N) is 3. The van der Waals surface area contributed by atoms with Crippen molar-refractivity contribution in [2.45, 2.75) is 76.0 Å². The number of piperidine rings is 1. The smallest absolute Gasteiger partial charge is 0.408 e. The molecule has 4 aromatic rings. The van der Waals surface area contributed by atoms with Gasteiger partial charge in [-0.05, 0) is 47.2 Å². The third-order valence-electron chi connectivity index (χ3n) is 12.0. The summed E-state index contributed by atoms with van der Waals surface area (Å²) in [5.74, 6) is -0.804. The number of rotatable bonds is 11. The highest BCUT2D eigenvalue weighted by Crippen LogP contribution is 2.43. The molecule has 4 saturated heterocycles. The first-order valence-electron chi connectivity index (χ1n) is 19.9. The quantitative estimate of drug-likeness (QED) is 0.178. The molecule has 0 radical (unpaired) electrons. The fraction of sp³-hybridized carbons (Fsp3) is 0.378. The van der Waals surface area contributed by atoms with Gasteiger partial charge in [0, 0.05) is 36.8 Å². The number of carbonyl (C=O) groups is 4. The van der Waals surface area contributed by atoms with E-state index in [0.29, 0.717) is 26.1 Å². The zero-order valence-corrected chi connectivity index (χ0v) is 32.5. The highest BCUT2D eigenvalue weighted by molar-refractivity contribution is 6.06. The molecule has 4 aliphatic rings. The van der Waals surface area contributed by atoms with Crippen molar-refractivity contribution in [3.05, 3.63) is 137 Å². The predicted molar refractivity (Wildman–Crippen MR) is 213 cm³/mol. The molecule has 13 heteroatoms. The summed E-state index contributed by atoms with van der Waals surface area (Å²) >= 11 is 0. The fourth-order valence-corrected chi connectivity index (χ4v) is 8.55. The maximum Gasteiger partial charge on any atom is 0.408 e. The maximum atomic E-state index is 13.3. The van der Waals surface area contributed by atoms with Gasteiger partial charge in [-0.15, -0.1) is 0 Å². The minimum atomic E-state index is -0.995. The van der Waals surface area contributed by atoms with Gasteiger partial charge >= 0.3 is 6.09 Å². The Balaban J connectivity index is 0.927. The monoisotopic (exact) mass is 787 g/mol. The average molecular weight is 788 g/mol. The normalized spacial score (nSPS) is 24.6. The zero-order chi connectivity index (χ0) is 40.2. The van der Waals surface area contributed by atoms with Gasteiger partial charge in [-0.2, -0.15) is 0 Å². The van der Waals surface area contributed by atoms with Crippen LogP contribution in [0.2, 0.25) is 0 Å². The standard InChI is InChI=1S/C45H49N5O8/c1-30-38(26-48-22-20-45(21-23-48)43(54)46-29-50(45)36-10-6-3-7-11-36)57-42(58-40(30)34-16-14-32(27-51)15-17-34)35-18-12-31(13-19-35)25-49-39(52)24-37(41(49)53)47-44(55)56-28-33-8-4-2-5-9-33/h2-19,30,37-38,40,42,51H,20-29H2,1H3,(H,46,54)(H,47,55). The van der Waals surface area contributed by atoms with Crippen molar-refractivity contribution in [3.8, 4) is 0 Å². The average Bonchev–Trinajstić information content (AvgIpc) is 3.71. The van der Waals surface area contributed by atoms with Gasteiger partial charge in [0.1, 0.15) is 18.2 Å². The van der Waals surface area contributed by atoms with E-state index in [4.69, 9.17) is 14.2 Å². The first-order chi connectivity index (χ1) is 28.2. The van der Waals surface area contributed by atoms with Gasteiger partial charge in [0.25, 0.3) is 5.91 Å². The molecule has 302 valence electrons. The summed E-state index contributed by atoms with van der Waals surface area (Å²) in [7, 11) is 0. The van der Waals surface area contributed by atoms with Gasteiger partial charge < -0.3 is 39.8 Å². The number of imide groups is 1. The predicted octanol–water partition coefficient (Wildman–Crippen LogP) is 4.95. The molecular weight excluding hydrogens is 739 g/mol. The van der Waals surface area contributed by atoms with E-state index in [9.17, 15) is 24.3 Å². The summed E-state index contributed by atoms with van der Waals surface area (Å²) in [4.78, 5) is 57.6.